The number of hydrogen-bond acceptors (Lipinski definition) is 0. The summed E-state index contributed by atoms with van der Waals surface area (Å²) >= 11 is 0. The number of hydrogen-bond donors (Lipinski definition) is 0. The van der Waals surface area contributed by atoms with Gasteiger partial charge in [0.2, 0.25) is 0 Å². The van der Waals surface area contributed by atoms with E-state index in [1.807, 2.05) is 0 Å². The molecular formula is C27H48. The van der Waals surface area contributed by atoms with Crippen molar-refractivity contribution in [3.8, 4) is 0 Å². The second kappa shape index (κ2) is 7.68. The minimum Gasteiger partial charge on any atom is -0.0628 e. The highest BCUT2D eigenvalue weighted by Gasteiger charge is 2.59. The van der Waals surface area contributed by atoms with Crippen LogP contribution in [0.1, 0.15) is 118 Å². The highest BCUT2D eigenvalue weighted by molar-refractivity contribution is 5.08. The Hall–Kier alpha value is 0. The molecule has 0 radical (unpaired) electrons. The van der Waals surface area contributed by atoms with Gasteiger partial charge in [-0.05, 0) is 104 Å². The maximum absolute atomic E-state index is 2.76. The molecule has 0 unspecified atom stereocenters. The van der Waals surface area contributed by atoms with E-state index in [1.165, 1.54) is 38.5 Å². The zero-order chi connectivity index (χ0) is 19.2. The summed E-state index contributed by atoms with van der Waals surface area (Å²) in [7, 11) is 0. The van der Waals surface area contributed by atoms with Crippen LogP contribution in [0.3, 0.4) is 0 Å². The molecule has 0 nitrogen and oxygen atoms in total. The molecule has 0 amide bonds. The van der Waals surface area contributed by atoms with E-state index in [1.54, 1.807) is 44.9 Å². The van der Waals surface area contributed by atoms with Gasteiger partial charge in [0, 0.05) is 0 Å². The summed E-state index contributed by atoms with van der Waals surface area (Å²) in [6, 6.07) is 0. The Bertz CT molecular complexity index is 506. The maximum atomic E-state index is 2.76. The van der Waals surface area contributed by atoms with E-state index < -0.39 is 0 Å². The molecule has 4 saturated carbocycles. The Morgan fingerprint density at radius 3 is 2.33 bits per heavy atom. The van der Waals surface area contributed by atoms with Crippen LogP contribution in [0.25, 0.3) is 0 Å². The van der Waals surface area contributed by atoms with Crippen LogP contribution in [0.5, 0.6) is 0 Å². The predicted molar refractivity (Wildman–Crippen MR) is 118 cm³/mol. The zero-order valence-corrected chi connectivity index (χ0v) is 19.2. The fourth-order valence-electron chi connectivity index (χ4n) is 9.14. The first-order chi connectivity index (χ1) is 12.8. The van der Waals surface area contributed by atoms with Crippen LogP contribution < -0.4 is 0 Å². The summed E-state index contributed by atoms with van der Waals surface area (Å²) in [6.07, 6.45) is 19.9. The molecule has 0 aromatic carbocycles. The quantitative estimate of drug-likeness (QED) is 0.453. The van der Waals surface area contributed by atoms with Crippen LogP contribution in [0, 0.1) is 52.3 Å². The van der Waals surface area contributed by atoms with E-state index in [-0.39, 0.29) is 0 Å². The van der Waals surface area contributed by atoms with Gasteiger partial charge in [0.1, 0.15) is 0 Å². The van der Waals surface area contributed by atoms with Crippen molar-refractivity contribution in [2.75, 3.05) is 0 Å². The van der Waals surface area contributed by atoms with Crippen LogP contribution in [-0.4, -0.2) is 0 Å². The molecule has 0 bridgehead atoms. The van der Waals surface area contributed by atoms with E-state index in [0.717, 1.165) is 41.4 Å². The average Bonchev–Trinajstić information content (AvgIpc) is 2.98. The van der Waals surface area contributed by atoms with Gasteiger partial charge in [-0.2, -0.15) is 0 Å². The third-order valence-electron chi connectivity index (χ3n) is 10.7. The fourth-order valence-corrected chi connectivity index (χ4v) is 9.14. The largest absolute Gasteiger partial charge is 0.0628 e. The second-order valence-corrected chi connectivity index (χ2v) is 12.5. The van der Waals surface area contributed by atoms with Crippen molar-refractivity contribution < 1.29 is 0 Å². The van der Waals surface area contributed by atoms with Gasteiger partial charge in [0.15, 0.2) is 0 Å². The van der Waals surface area contributed by atoms with E-state index in [2.05, 4.69) is 34.6 Å². The number of rotatable bonds is 5. The molecule has 0 aromatic heterocycles. The molecule has 0 aromatic rings. The van der Waals surface area contributed by atoms with E-state index in [0.29, 0.717) is 10.8 Å². The lowest BCUT2D eigenvalue weighted by Gasteiger charge is -2.60. The summed E-state index contributed by atoms with van der Waals surface area (Å²) in [5.41, 5.74) is 1.41. The van der Waals surface area contributed by atoms with Crippen LogP contribution >= 0.6 is 0 Å². The lowest BCUT2D eigenvalue weighted by atomic mass is 9.45. The first-order valence-electron chi connectivity index (χ1n) is 12.8. The van der Waals surface area contributed by atoms with Gasteiger partial charge >= 0.3 is 0 Å². The summed E-state index contributed by atoms with van der Waals surface area (Å²) in [6.45, 7) is 12.8. The third-order valence-corrected chi connectivity index (χ3v) is 10.7. The molecule has 4 rings (SSSR count). The van der Waals surface area contributed by atoms with Crippen molar-refractivity contribution in [1.82, 2.24) is 0 Å². The van der Waals surface area contributed by atoms with Gasteiger partial charge in [-0.15, -0.1) is 0 Å². The van der Waals surface area contributed by atoms with E-state index in [9.17, 15) is 0 Å². The zero-order valence-electron chi connectivity index (χ0n) is 19.2. The van der Waals surface area contributed by atoms with Crippen LogP contribution in [-0.2, 0) is 0 Å². The number of fused-ring (bicyclic) bond motifs is 5. The Labute approximate surface area is 170 Å². The van der Waals surface area contributed by atoms with Crippen LogP contribution in [0.15, 0.2) is 0 Å². The molecule has 0 spiro atoms. The Kier molecular flexibility index (Phi) is 5.77. The van der Waals surface area contributed by atoms with Crippen molar-refractivity contribution >= 4 is 0 Å². The first kappa shape index (κ1) is 20.3. The Morgan fingerprint density at radius 1 is 0.741 bits per heavy atom. The monoisotopic (exact) mass is 372 g/mol. The summed E-state index contributed by atoms with van der Waals surface area (Å²) < 4.78 is 0. The van der Waals surface area contributed by atoms with E-state index in [4.69, 9.17) is 0 Å². The van der Waals surface area contributed by atoms with Crippen LogP contribution in [0.2, 0.25) is 0 Å². The van der Waals surface area contributed by atoms with Crippen molar-refractivity contribution in [2.45, 2.75) is 118 Å². The molecular weight excluding hydrogens is 324 g/mol. The molecule has 0 aliphatic heterocycles. The van der Waals surface area contributed by atoms with Crippen molar-refractivity contribution in [3.05, 3.63) is 0 Å². The first-order valence-corrected chi connectivity index (χ1v) is 12.8. The summed E-state index contributed by atoms with van der Waals surface area (Å²) in [5, 5.41) is 0. The third kappa shape index (κ3) is 3.54. The van der Waals surface area contributed by atoms with Crippen molar-refractivity contribution in [2.24, 2.45) is 52.3 Å². The highest BCUT2D eigenvalue weighted by atomic mass is 14.6. The Balaban J connectivity index is 1.45. The van der Waals surface area contributed by atoms with Gasteiger partial charge in [-0.1, -0.05) is 66.7 Å². The second-order valence-electron chi connectivity index (χ2n) is 12.5. The average molecular weight is 373 g/mol. The molecule has 0 saturated heterocycles. The van der Waals surface area contributed by atoms with Gasteiger partial charge in [0.25, 0.3) is 0 Å². The normalized spacial score (nSPS) is 48.0. The lowest BCUT2D eigenvalue weighted by molar-refractivity contribution is -0.108. The van der Waals surface area contributed by atoms with Gasteiger partial charge < -0.3 is 0 Å². The highest BCUT2D eigenvalue weighted by Crippen LogP contribution is 2.68. The Morgan fingerprint density at radius 2 is 1.56 bits per heavy atom. The molecule has 4 aliphatic rings. The molecule has 0 heteroatoms. The SMILES string of the molecule is CC(C)CCC[C@@H](C)[C@H]1CC[C@@]2(C)[C@@H]1CC[C@@H]1[C@H]3CCCC[C@@]3(C)CC[C@H]12. The van der Waals surface area contributed by atoms with Crippen LogP contribution in [0.4, 0.5) is 0 Å². The molecule has 8 atom stereocenters. The minimum absolute atomic E-state index is 0.693. The van der Waals surface area contributed by atoms with Crippen molar-refractivity contribution in [3.63, 3.8) is 0 Å². The fraction of sp³-hybridized carbons (Fsp3) is 1.00. The molecule has 27 heavy (non-hydrogen) atoms. The molecule has 4 fully saturated rings. The van der Waals surface area contributed by atoms with Gasteiger partial charge in [-0.3, -0.25) is 0 Å². The minimum atomic E-state index is 0.693. The maximum Gasteiger partial charge on any atom is -0.0264 e. The van der Waals surface area contributed by atoms with Gasteiger partial charge in [0.05, 0.1) is 0 Å². The summed E-state index contributed by atoms with van der Waals surface area (Å²) in [5.74, 6) is 7.18. The topological polar surface area (TPSA) is 0 Å². The molecule has 0 N–H and O–H groups in total. The predicted octanol–water partition coefficient (Wildman–Crippen LogP) is 8.50. The lowest BCUT2D eigenvalue weighted by Crippen LogP contribution is -2.52. The molecule has 0 heterocycles. The van der Waals surface area contributed by atoms with E-state index >= 15 is 0 Å². The molecule has 156 valence electrons. The van der Waals surface area contributed by atoms with Gasteiger partial charge in [-0.25, -0.2) is 0 Å². The standard InChI is InChI=1S/C27H48/c1-19(2)9-8-10-20(3)21-14-18-27(5)24(21)13-12-22-23-11-6-7-16-26(23,4)17-15-25(22)27/h19-25H,6-18H2,1-5H3/t20-,21-,22-,23-,24-,25-,26+,27+/m1/s1. The smallest absolute Gasteiger partial charge is 0.0264 e. The van der Waals surface area contributed by atoms with Crippen molar-refractivity contribution in [1.29, 1.82) is 0 Å². The summed E-state index contributed by atoms with van der Waals surface area (Å²) in [4.78, 5) is 0. The molecule has 4 aliphatic carbocycles.